The first-order chi connectivity index (χ1) is 9.52. The Hall–Kier alpha value is -1.33. The smallest absolute Gasteiger partial charge is 0.310 e. The zero-order valence-electron chi connectivity index (χ0n) is 12.0. The minimum absolute atomic E-state index is 0.214. The number of carbonyl (C=O) groups is 1. The van der Waals surface area contributed by atoms with Crippen LogP contribution in [-0.4, -0.2) is 36.5 Å². The molecule has 1 N–H and O–H groups in total. The van der Waals surface area contributed by atoms with Gasteiger partial charge in [-0.25, -0.2) is 0 Å². The number of hydrogen-bond donors (Lipinski definition) is 1. The number of H-pyrrole nitrogens is 1. The summed E-state index contributed by atoms with van der Waals surface area (Å²) in [5.74, 6) is 0.415. The van der Waals surface area contributed by atoms with Crippen LogP contribution in [0.1, 0.15) is 18.9 Å². The number of fused-ring (bicyclic) bond motifs is 1. The van der Waals surface area contributed by atoms with Gasteiger partial charge in [-0.05, 0) is 54.1 Å². The van der Waals surface area contributed by atoms with Gasteiger partial charge in [0.05, 0.1) is 10.1 Å². The minimum atomic E-state index is -0.214. The van der Waals surface area contributed by atoms with Crippen LogP contribution in [-0.2, 0) is 11.2 Å². The molecule has 0 fully saturated rings. The summed E-state index contributed by atoms with van der Waals surface area (Å²) in [4.78, 5) is 17.0. The second-order valence-corrected chi connectivity index (χ2v) is 5.77. The summed E-state index contributed by atoms with van der Waals surface area (Å²) in [6, 6.07) is 5.72. The average Bonchev–Trinajstić information content (AvgIpc) is 2.72. The number of carbonyl (C=O) groups excluding carboxylic acids is 1. The fourth-order valence-corrected chi connectivity index (χ4v) is 2.71. The molecule has 0 radical (unpaired) electrons. The van der Waals surface area contributed by atoms with Gasteiger partial charge in [-0.15, -0.1) is 0 Å². The van der Waals surface area contributed by atoms with Crippen LogP contribution in [0.25, 0.3) is 10.9 Å². The van der Waals surface area contributed by atoms with E-state index in [9.17, 15) is 4.79 Å². The van der Waals surface area contributed by atoms with Gasteiger partial charge in [0.1, 0.15) is 5.75 Å². The average molecular weight is 339 g/mol. The van der Waals surface area contributed by atoms with Crippen molar-refractivity contribution in [2.24, 2.45) is 0 Å². The molecule has 0 aliphatic rings. The van der Waals surface area contributed by atoms with Crippen LogP contribution < -0.4 is 4.74 Å². The molecular weight excluding hydrogens is 320 g/mol. The molecule has 0 aliphatic heterocycles. The van der Waals surface area contributed by atoms with Crippen molar-refractivity contribution in [1.82, 2.24) is 9.88 Å². The van der Waals surface area contributed by atoms with Gasteiger partial charge < -0.3 is 14.6 Å². The Morgan fingerprint density at radius 2 is 2.15 bits per heavy atom. The van der Waals surface area contributed by atoms with Crippen molar-refractivity contribution >= 4 is 32.8 Å². The van der Waals surface area contributed by atoms with Crippen molar-refractivity contribution in [3.63, 3.8) is 0 Å². The van der Waals surface area contributed by atoms with Crippen LogP contribution in [0, 0.1) is 0 Å². The number of likely N-dealkylation sites (N-methyl/N-ethyl adjacent to an activating group) is 1. The van der Waals surface area contributed by atoms with Gasteiger partial charge in [0, 0.05) is 18.4 Å². The summed E-state index contributed by atoms with van der Waals surface area (Å²) in [5.41, 5.74) is 2.13. The fourth-order valence-electron chi connectivity index (χ4n) is 2.10. The number of aromatic nitrogens is 1. The van der Waals surface area contributed by atoms with Gasteiger partial charge in [-0.2, -0.15) is 0 Å². The molecule has 2 aromatic rings. The Bertz CT molecular complexity index is 620. The molecule has 20 heavy (non-hydrogen) atoms. The molecule has 0 bridgehead atoms. The number of rotatable bonds is 5. The number of halogens is 1. The number of esters is 1. The van der Waals surface area contributed by atoms with Crippen molar-refractivity contribution < 1.29 is 9.53 Å². The summed E-state index contributed by atoms with van der Waals surface area (Å²) >= 11 is 3.56. The molecule has 1 aromatic carbocycles. The van der Waals surface area contributed by atoms with Crippen molar-refractivity contribution in [1.29, 1.82) is 0 Å². The fraction of sp³-hybridized carbons (Fsp3) is 0.400. The molecule has 0 amide bonds. The van der Waals surface area contributed by atoms with Crippen molar-refractivity contribution in [3.05, 3.63) is 28.4 Å². The molecule has 0 aliphatic carbocycles. The molecule has 1 aromatic heterocycles. The zero-order valence-corrected chi connectivity index (χ0v) is 13.6. The highest BCUT2D eigenvalue weighted by atomic mass is 79.9. The molecule has 2 rings (SSSR count). The first-order valence-corrected chi connectivity index (χ1v) is 7.46. The number of hydrogen-bond acceptors (Lipinski definition) is 3. The number of nitrogens with zero attached hydrogens (tertiary/aromatic N) is 1. The predicted octanol–water partition coefficient (Wildman–Crippen LogP) is 3.35. The third kappa shape index (κ3) is 3.22. The number of nitrogens with one attached hydrogen (secondary N) is 1. The minimum Gasteiger partial charge on any atom is -0.426 e. The van der Waals surface area contributed by atoms with Gasteiger partial charge >= 0.3 is 5.97 Å². The summed E-state index contributed by atoms with van der Waals surface area (Å²) in [6.07, 6.45) is 1.25. The molecular formula is C15H19BrN2O2. The molecule has 4 nitrogen and oxygen atoms in total. The van der Waals surface area contributed by atoms with Crippen LogP contribution in [0.4, 0.5) is 0 Å². The highest BCUT2D eigenvalue weighted by molar-refractivity contribution is 9.10. The van der Waals surface area contributed by atoms with Gasteiger partial charge in [-0.1, -0.05) is 13.0 Å². The lowest BCUT2D eigenvalue weighted by Crippen LogP contribution is -2.15. The van der Waals surface area contributed by atoms with Crippen LogP contribution in [0.5, 0.6) is 5.75 Å². The predicted molar refractivity (Wildman–Crippen MR) is 84.2 cm³/mol. The maximum atomic E-state index is 11.6. The Morgan fingerprint density at radius 3 is 2.80 bits per heavy atom. The van der Waals surface area contributed by atoms with E-state index >= 15 is 0 Å². The molecule has 0 unspecified atom stereocenters. The molecule has 5 heteroatoms. The largest absolute Gasteiger partial charge is 0.426 e. The van der Waals surface area contributed by atoms with Crippen LogP contribution in [0.2, 0.25) is 0 Å². The highest BCUT2D eigenvalue weighted by Gasteiger charge is 2.15. The van der Waals surface area contributed by atoms with Gasteiger partial charge in [0.2, 0.25) is 0 Å². The first-order valence-electron chi connectivity index (χ1n) is 6.67. The Labute approximate surface area is 127 Å². The Morgan fingerprint density at radius 1 is 1.40 bits per heavy atom. The molecule has 1 heterocycles. The Balaban J connectivity index is 2.44. The van der Waals surface area contributed by atoms with Crippen LogP contribution >= 0.6 is 15.9 Å². The second-order valence-electron chi connectivity index (χ2n) is 4.98. The van der Waals surface area contributed by atoms with Gasteiger partial charge in [-0.3, -0.25) is 4.79 Å². The van der Waals surface area contributed by atoms with E-state index in [2.05, 4.69) is 25.8 Å². The van der Waals surface area contributed by atoms with Crippen molar-refractivity contribution in [2.75, 3.05) is 20.6 Å². The lowest BCUT2D eigenvalue weighted by molar-refractivity contribution is -0.133. The number of aromatic amines is 1. The molecule has 0 saturated carbocycles. The molecule has 0 saturated heterocycles. The van der Waals surface area contributed by atoms with E-state index in [1.165, 1.54) is 0 Å². The van der Waals surface area contributed by atoms with E-state index in [1.54, 1.807) is 6.92 Å². The molecule has 108 valence electrons. The van der Waals surface area contributed by atoms with E-state index in [0.717, 1.165) is 34.0 Å². The lowest BCUT2D eigenvalue weighted by Gasteiger charge is -2.10. The molecule has 0 atom stereocenters. The topological polar surface area (TPSA) is 45.3 Å². The zero-order chi connectivity index (χ0) is 14.7. The quantitative estimate of drug-likeness (QED) is 0.671. The lowest BCUT2D eigenvalue weighted by atomic mass is 10.1. The Kier molecular flexibility index (Phi) is 4.83. The third-order valence-corrected chi connectivity index (χ3v) is 3.84. The summed E-state index contributed by atoms with van der Waals surface area (Å²) in [5, 5.41) is 0.989. The van der Waals surface area contributed by atoms with E-state index in [4.69, 9.17) is 4.74 Å². The van der Waals surface area contributed by atoms with Crippen molar-refractivity contribution in [2.45, 2.75) is 19.8 Å². The van der Waals surface area contributed by atoms with E-state index in [0.29, 0.717) is 12.2 Å². The van der Waals surface area contributed by atoms with Gasteiger partial charge in [0.25, 0.3) is 0 Å². The van der Waals surface area contributed by atoms with E-state index in [1.807, 2.05) is 32.3 Å². The van der Waals surface area contributed by atoms with Crippen LogP contribution in [0.3, 0.4) is 0 Å². The summed E-state index contributed by atoms with van der Waals surface area (Å²) < 4.78 is 6.40. The highest BCUT2D eigenvalue weighted by Crippen LogP contribution is 2.34. The molecule has 0 spiro atoms. The third-order valence-electron chi connectivity index (χ3n) is 3.16. The second kappa shape index (κ2) is 6.41. The normalized spacial score (nSPS) is 11.2. The van der Waals surface area contributed by atoms with Gasteiger partial charge in [0.15, 0.2) is 0 Å². The van der Waals surface area contributed by atoms with Crippen molar-refractivity contribution in [3.8, 4) is 5.75 Å². The summed E-state index contributed by atoms with van der Waals surface area (Å²) in [6.45, 7) is 2.73. The van der Waals surface area contributed by atoms with E-state index < -0.39 is 0 Å². The maximum absolute atomic E-state index is 11.6. The standard InChI is InChI=1S/C15H19BrN2O2/c1-4-13(19)20-12-7-5-6-11-14(12)10(15(16)17-11)8-9-18(2)3/h5-7,17H,4,8-9H2,1-3H3. The van der Waals surface area contributed by atoms with E-state index in [-0.39, 0.29) is 5.97 Å². The number of ether oxygens (including phenoxy) is 1. The summed E-state index contributed by atoms with van der Waals surface area (Å²) in [7, 11) is 4.08. The number of benzene rings is 1. The maximum Gasteiger partial charge on any atom is 0.310 e. The monoisotopic (exact) mass is 338 g/mol. The first kappa shape index (κ1) is 15.1. The van der Waals surface area contributed by atoms with Crippen LogP contribution in [0.15, 0.2) is 22.8 Å². The SMILES string of the molecule is CCC(=O)Oc1cccc2[nH]c(Br)c(CCN(C)C)c12.